The van der Waals surface area contributed by atoms with E-state index in [0.29, 0.717) is 5.69 Å². The molecule has 0 fully saturated rings. The Balaban J connectivity index is 2.73. The molecule has 1 heterocycles. The number of hydrogen-bond donors (Lipinski definition) is 2. The number of carbonyl (C=O) groups excluding carboxylic acids is 1. The maximum atomic E-state index is 11.4. The minimum Gasteiger partial charge on any atom is -0.481 e. The molecule has 0 aromatic carbocycles. The van der Waals surface area contributed by atoms with Gasteiger partial charge in [-0.05, 0) is 32.9 Å². The fourth-order valence-corrected chi connectivity index (χ4v) is 1.32. The van der Waals surface area contributed by atoms with E-state index in [9.17, 15) is 9.59 Å². The molecule has 0 spiro atoms. The molecular weight excluding hydrogens is 236 g/mol. The molecule has 1 amide bonds. The van der Waals surface area contributed by atoms with Gasteiger partial charge in [0.15, 0.2) is 18.1 Å². The van der Waals surface area contributed by atoms with Crippen molar-refractivity contribution in [2.45, 2.75) is 26.8 Å². The topological polar surface area (TPSA) is 88.5 Å². The predicted octanol–water partition coefficient (Wildman–Crippen LogP) is 0.992. The van der Waals surface area contributed by atoms with Crippen molar-refractivity contribution < 1.29 is 19.4 Å². The number of pyridine rings is 1. The quantitative estimate of drug-likeness (QED) is 0.815. The number of aryl methyl sites for hydroxylation is 1. The third kappa shape index (κ3) is 4.04. The van der Waals surface area contributed by atoms with Crippen LogP contribution in [-0.4, -0.2) is 34.6 Å². The summed E-state index contributed by atoms with van der Waals surface area (Å²) in [5.41, 5.74) is 0.388. The zero-order valence-corrected chi connectivity index (χ0v) is 10.6. The zero-order valence-electron chi connectivity index (χ0n) is 10.6. The number of ether oxygens (including phenoxy) is 1. The Kier molecular flexibility index (Phi) is 4.65. The number of aromatic nitrogens is 1. The summed E-state index contributed by atoms with van der Waals surface area (Å²) in [6.45, 7) is 5.10. The first-order valence-electron chi connectivity index (χ1n) is 5.53. The molecule has 98 valence electrons. The second kappa shape index (κ2) is 6.00. The molecule has 0 saturated heterocycles. The smallest absolute Gasteiger partial charge is 0.358 e. The van der Waals surface area contributed by atoms with Crippen molar-refractivity contribution in [3.05, 3.63) is 23.5 Å². The first-order valence-corrected chi connectivity index (χ1v) is 5.53. The van der Waals surface area contributed by atoms with Gasteiger partial charge in [-0.3, -0.25) is 4.79 Å². The van der Waals surface area contributed by atoms with Crippen LogP contribution >= 0.6 is 0 Å². The largest absolute Gasteiger partial charge is 0.481 e. The number of aromatic carboxylic acids is 1. The summed E-state index contributed by atoms with van der Waals surface area (Å²) in [7, 11) is 0. The molecule has 0 bridgehead atoms. The molecule has 0 aliphatic rings. The van der Waals surface area contributed by atoms with Crippen molar-refractivity contribution >= 4 is 11.9 Å². The van der Waals surface area contributed by atoms with Gasteiger partial charge in [-0.25, -0.2) is 9.78 Å². The van der Waals surface area contributed by atoms with Crippen LogP contribution in [0.5, 0.6) is 5.75 Å². The third-order valence-corrected chi connectivity index (χ3v) is 2.01. The molecule has 6 nitrogen and oxygen atoms in total. The molecule has 6 heteroatoms. The van der Waals surface area contributed by atoms with Crippen LogP contribution in [0.3, 0.4) is 0 Å². The average Bonchev–Trinajstić information content (AvgIpc) is 2.26. The van der Waals surface area contributed by atoms with Crippen LogP contribution in [0, 0.1) is 6.92 Å². The number of carbonyl (C=O) groups is 2. The highest BCUT2D eigenvalue weighted by Gasteiger charge is 2.14. The van der Waals surface area contributed by atoms with Crippen molar-refractivity contribution in [1.82, 2.24) is 10.3 Å². The van der Waals surface area contributed by atoms with Gasteiger partial charge in [0.25, 0.3) is 5.91 Å². The number of nitrogens with zero attached hydrogens (tertiary/aromatic N) is 1. The van der Waals surface area contributed by atoms with E-state index in [1.54, 1.807) is 13.0 Å². The van der Waals surface area contributed by atoms with Gasteiger partial charge in [0.05, 0.1) is 0 Å². The summed E-state index contributed by atoms with van der Waals surface area (Å²) >= 11 is 0. The average molecular weight is 252 g/mol. The first-order chi connectivity index (χ1) is 8.40. The lowest BCUT2D eigenvalue weighted by Crippen LogP contribution is -2.34. The Morgan fingerprint density at radius 1 is 1.44 bits per heavy atom. The second-order valence-corrected chi connectivity index (χ2v) is 4.12. The van der Waals surface area contributed by atoms with Gasteiger partial charge in [0.1, 0.15) is 0 Å². The predicted molar refractivity (Wildman–Crippen MR) is 64.7 cm³/mol. The maximum absolute atomic E-state index is 11.4. The van der Waals surface area contributed by atoms with Gasteiger partial charge in [-0.1, -0.05) is 0 Å². The van der Waals surface area contributed by atoms with Crippen LogP contribution in [0.4, 0.5) is 0 Å². The number of hydrogen-bond acceptors (Lipinski definition) is 4. The Labute approximate surface area is 105 Å². The van der Waals surface area contributed by atoms with Gasteiger partial charge < -0.3 is 15.2 Å². The summed E-state index contributed by atoms with van der Waals surface area (Å²) in [6, 6.07) is 3.13. The van der Waals surface area contributed by atoms with Crippen molar-refractivity contribution in [2.75, 3.05) is 6.61 Å². The summed E-state index contributed by atoms with van der Waals surface area (Å²) in [5, 5.41) is 11.6. The van der Waals surface area contributed by atoms with E-state index in [1.807, 2.05) is 13.8 Å². The van der Waals surface area contributed by atoms with Crippen LogP contribution in [0.25, 0.3) is 0 Å². The molecule has 1 rings (SSSR count). The summed E-state index contributed by atoms with van der Waals surface area (Å²) in [5.74, 6) is -1.40. The number of carboxylic acids is 1. The molecule has 0 atom stereocenters. The number of amides is 1. The highest BCUT2D eigenvalue weighted by atomic mass is 16.5. The van der Waals surface area contributed by atoms with Gasteiger partial charge in [0.2, 0.25) is 0 Å². The van der Waals surface area contributed by atoms with Crippen LogP contribution in [0.2, 0.25) is 0 Å². The minimum absolute atomic E-state index is 0.0104. The molecule has 1 aromatic rings. The normalized spacial score (nSPS) is 10.2. The maximum Gasteiger partial charge on any atom is 0.358 e. The molecule has 1 aromatic heterocycles. The van der Waals surface area contributed by atoms with E-state index >= 15 is 0 Å². The van der Waals surface area contributed by atoms with Crippen molar-refractivity contribution in [3.63, 3.8) is 0 Å². The Hall–Kier alpha value is -2.11. The van der Waals surface area contributed by atoms with E-state index in [-0.39, 0.29) is 30.0 Å². The molecular formula is C12H16N2O4. The van der Waals surface area contributed by atoms with Gasteiger partial charge >= 0.3 is 5.97 Å². The number of nitrogens with one attached hydrogen (secondary N) is 1. The van der Waals surface area contributed by atoms with E-state index in [0.717, 1.165) is 0 Å². The molecule has 0 radical (unpaired) electrons. The Bertz CT molecular complexity index is 457. The second-order valence-electron chi connectivity index (χ2n) is 4.12. The summed E-state index contributed by atoms with van der Waals surface area (Å²) < 4.78 is 5.16. The van der Waals surface area contributed by atoms with Crippen LogP contribution < -0.4 is 10.1 Å². The lowest BCUT2D eigenvalue weighted by Gasteiger charge is -2.11. The standard InChI is InChI=1S/C12H16N2O4/c1-7(2)13-10(15)6-18-9-5-4-8(3)14-11(9)12(16)17/h4-5,7H,6H2,1-3H3,(H,13,15)(H,16,17). The highest BCUT2D eigenvalue weighted by Crippen LogP contribution is 2.16. The van der Waals surface area contributed by atoms with E-state index in [1.165, 1.54) is 6.07 Å². The lowest BCUT2D eigenvalue weighted by atomic mass is 10.3. The van der Waals surface area contributed by atoms with Crippen LogP contribution in [-0.2, 0) is 4.79 Å². The highest BCUT2D eigenvalue weighted by molar-refractivity contribution is 5.88. The fourth-order valence-electron chi connectivity index (χ4n) is 1.32. The van der Waals surface area contributed by atoms with Crippen molar-refractivity contribution in [1.29, 1.82) is 0 Å². The van der Waals surface area contributed by atoms with Gasteiger partial charge in [0, 0.05) is 11.7 Å². The van der Waals surface area contributed by atoms with E-state index in [4.69, 9.17) is 9.84 Å². The van der Waals surface area contributed by atoms with Crippen molar-refractivity contribution in [2.24, 2.45) is 0 Å². The number of rotatable bonds is 5. The SMILES string of the molecule is Cc1ccc(OCC(=O)NC(C)C)c(C(=O)O)n1. The van der Waals surface area contributed by atoms with Crippen LogP contribution in [0.15, 0.2) is 12.1 Å². The summed E-state index contributed by atoms with van der Waals surface area (Å²) in [4.78, 5) is 26.2. The third-order valence-electron chi connectivity index (χ3n) is 2.01. The summed E-state index contributed by atoms with van der Waals surface area (Å²) in [6.07, 6.45) is 0. The van der Waals surface area contributed by atoms with Crippen molar-refractivity contribution in [3.8, 4) is 5.75 Å². The lowest BCUT2D eigenvalue weighted by molar-refractivity contribution is -0.123. The van der Waals surface area contributed by atoms with E-state index in [2.05, 4.69) is 10.3 Å². The molecule has 2 N–H and O–H groups in total. The molecule has 0 unspecified atom stereocenters. The fraction of sp³-hybridized carbons (Fsp3) is 0.417. The zero-order chi connectivity index (χ0) is 13.7. The Morgan fingerprint density at radius 2 is 2.11 bits per heavy atom. The minimum atomic E-state index is -1.18. The monoisotopic (exact) mass is 252 g/mol. The first kappa shape index (κ1) is 14.0. The van der Waals surface area contributed by atoms with Crippen LogP contribution in [0.1, 0.15) is 30.0 Å². The molecule has 0 aliphatic heterocycles. The van der Waals surface area contributed by atoms with Gasteiger partial charge in [-0.2, -0.15) is 0 Å². The van der Waals surface area contributed by atoms with E-state index < -0.39 is 5.97 Å². The molecule has 18 heavy (non-hydrogen) atoms. The molecule has 0 saturated carbocycles. The molecule has 0 aliphatic carbocycles. The Morgan fingerprint density at radius 3 is 2.67 bits per heavy atom. The van der Waals surface area contributed by atoms with Gasteiger partial charge in [-0.15, -0.1) is 0 Å². The number of carboxylic acid groups (broad SMARTS) is 1.